The Morgan fingerprint density at radius 1 is 1.23 bits per heavy atom. The molecule has 6 nitrogen and oxygen atoms in total. The van der Waals surface area contributed by atoms with Crippen LogP contribution in [0.3, 0.4) is 0 Å². The van der Waals surface area contributed by atoms with E-state index in [0.717, 1.165) is 36.0 Å². The quantitative estimate of drug-likeness (QED) is 0.508. The molecule has 0 radical (unpaired) electrons. The molecule has 0 aliphatic rings. The summed E-state index contributed by atoms with van der Waals surface area (Å²) in [6, 6.07) is 11.5. The minimum absolute atomic E-state index is 0.143. The normalized spacial score (nSPS) is 10.9. The molecule has 0 aliphatic carbocycles. The van der Waals surface area contributed by atoms with Gasteiger partial charge in [0.15, 0.2) is 5.88 Å². The summed E-state index contributed by atoms with van der Waals surface area (Å²) in [6.45, 7) is 5.90. The van der Waals surface area contributed by atoms with E-state index in [1.165, 1.54) is 18.0 Å². The van der Waals surface area contributed by atoms with Crippen molar-refractivity contribution in [1.29, 1.82) is 0 Å². The Morgan fingerprint density at radius 3 is 2.62 bits per heavy atom. The van der Waals surface area contributed by atoms with E-state index in [0.29, 0.717) is 11.5 Å². The molecule has 1 amide bonds. The third-order valence-electron chi connectivity index (χ3n) is 3.73. The second kappa shape index (κ2) is 10.6. The van der Waals surface area contributed by atoms with Gasteiger partial charge in [0.25, 0.3) is 0 Å². The molecule has 0 saturated carbocycles. The van der Waals surface area contributed by atoms with Gasteiger partial charge >= 0.3 is 0 Å². The monoisotopic (exact) mass is 375 g/mol. The van der Waals surface area contributed by atoms with Crippen molar-refractivity contribution in [2.75, 3.05) is 30.9 Å². The van der Waals surface area contributed by atoms with Gasteiger partial charge < -0.3 is 14.1 Å². The van der Waals surface area contributed by atoms with E-state index in [1.807, 2.05) is 36.4 Å². The number of hydrogen-bond donors (Lipinski definition) is 1. The highest BCUT2D eigenvalue weighted by molar-refractivity contribution is 7.99. The summed E-state index contributed by atoms with van der Waals surface area (Å²) >= 11 is 1.53. The van der Waals surface area contributed by atoms with Crippen molar-refractivity contribution in [2.45, 2.75) is 19.6 Å². The number of carbonyl (C=O) groups excluding carboxylic acids is 1. The van der Waals surface area contributed by atoms with Crippen molar-refractivity contribution in [1.82, 2.24) is 5.43 Å². The van der Waals surface area contributed by atoms with E-state index in [9.17, 15) is 4.79 Å². The molecule has 0 bridgehead atoms. The summed E-state index contributed by atoms with van der Waals surface area (Å²) in [7, 11) is 1.64. The molecule has 0 saturated heterocycles. The van der Waals surface area contributed by atoms with E-state index >= 15 is 0 Å². The standard InChI is InChI=1S/C19H25N3O3S/c1-4-22(5-2)19-11-10-17(25-19)12-20-21-18(23)14-26-13-15-6-8-16(24-3)9-7-15/h6-12H,4-5,13-14H2,1-3H3,(H,21,23)/b20-12-. The molecule has 2 aromatic rings. The van der Waals surface area contributed by atoms with Gasteiger partial charge in [0, 0.05) is 24.9 Å². The van der Waals surface area contributed by atoms with E-state index in [4.69, 9.17) is 9.15 Å². The summed E-state index contributed by atoms with van der Waals surface area (Å²) in [5, 5.41) is 3.95. The lowest BCUT2D eigenvalue weighted by atomic mass is 10.2. The number of hydrogen-bond acceptors (Lipinski definition) is 6. The smallest absolute Gasteiger partial charge is 0.250 e. The van der Waals surface area contributed by atoms with Crippen LogP contribution in [0.1, 0.15) is 25.2 Å². The highest BCUT2D eigenvalue weighted by Crippen LogP contribution is 2.17. The molecule has 1 aromatic carbocycles. The van der Waals surface area contributed by atoms with Gasteiger partial charge in [0.2, 0.25) is 5.91 Å². The summed E-state index contributed by atoms with van der Waals surface area (Å²) in [5.41, 5.74) is 3.66. The first kappa shape index (κ1) is 19.9. The summed E-state index contributed by atoms with van der Waals surface area (Å²) < 4.78 is 10.8. The van der Waals surface area contributed by atoms with Crippen molar-refractivity contribution < 1.29 is 13.9 Å². The summed E-state index contributed by atoms with van der Waals surface area (Å²) in [6.07, 6.45) is 1.51. The second-order valence-electron chi connectivity index (χ2n) is 5.48. The molecule has 1 N–H and O–H groups in total. The number of benzene rings is 1. The van der Waals surface area contributed by atoms with Crippen molar-refractivity contribution in [3.8, 4) is 5.75 Å². The zero-order valence-electron chi connectivity index (χ0n) is 15.4. The van der Waals surface area contributed by atoms with Gasteiger partial charge in [-0.15, -0.1) is 11.8 Å². The zero-order chi connectivity index (χ0) is 18.8. The number of furan rings is 1. The summed E-state index contributed by atoms with van der Waals surface area (Å²) in [5.74, 6) is 3.19. The number of ether oxygens (including phenoxy) is 1. The molecule has 0 fully saturated rings. The highest BCUT2D eigenvalue weighted by atomic mass is 32.2. The predicted octanol–water partition coefficient (Wildman–Crippen LogP) is 3.52. The Morgan fingerprint density at radius 2 is 1.96 bits per heavy atom. The average Bonchev–Trinajstić information content (AvgIpc) is 3.12. The number of hydrazone groups is 1. The van der Waals surface area contributed by atoms with Crippen LogP contribution in [0.5, 0.6) is 5.75 Å². The van der Waals surface area contributed by atoms with Gasteiger partial charge in [-0.05, 0) is 37.6 Å². The fourth-order valence-electron chi connectivity index (χ4n) is 2.30. The van der Waals surface area contributed by atoms with Crippen LogP contribution in [0.4, 0.5) is 5.88 Å². The number of amides is 1. The molecule has 0 atom stereocenters. The predicted molar refractivity (Wildman–Crippen MR) is 107 cm³/mol. The molecule has 0 spiro atoms. The molecule has 140 valence electrons. The van der Waals surface area contributed by atoms with Gasteiger partial charge in [-0.3, -0.25) is 4.79 Å². The molecule has 0 aliphatic heterocycles. The van der Waals surface area contributed by atoms with Crippen LogP contribution in [0, 0.1) is 0 Å². The van der Waals surface area contributed by atoms with Crippen molar-refractivity contribution >= 4 is 29.8 Å². The van der Waals surface area contributed by atoms with Crippen molar-refractivity contribution in [3.63, 3.8) is 0 Å². The molecule has 0 unspecified atom stereocenters. The van der Waals surface area contributed by atoms with Crippen LogP contribution < -0.4 is 15.1 Å². The third-order valence-corrected chi connectivity index (χ3v) is 4.73. The molecule has 1 aromatic heterocycles. The Labute approximate surface area is 158 Å². The van der Waals surface area contributed by atoms with Crippen LogP contribution in [0.15, 0.2) is 45.9 Å². The van der Waals surface area contributed by atoms with Gasteiger partial charge in [-0.25, -0.2) is 5.43 Å². The maximum Gasteiger partial charge on any atom is 0.250 e. The molecule has 1 heterocycles. The van der Waals surface area contributed by atoms with E-state index in [-0.39, 0.29) is 5.91 Å². The number of thioether (sulfide) groups is 1. The van der Waals surface area contributed by atoms with E-state index in [2.05, 4.69) is 29.3 Å². The Balaban J connectivity index is 1.71. The molecule has 26 heavy (non-hydrogen) atoms. The number of anilines is 1. The van der Waals surface area contributed by atoms with Crippen LogP contribution in [0.25, 0.3) is 0 Å². The minimum Gasteiger partial charge on any atom is -0.497 e. The first-order valence-corrected chi connectivity index (χ1v) is 9.69. The lowest BCUT2D eigenvalue weighted by molar-refractivity contribution is -0.118. The lowest BCUT2D eigenvalue weighted by Crippen LogP contribution is -2.21. The van der Waals surface area contributed by atoms with Gasteiger partial charge in [-0.1, -0.05) is 12.1 Å². The Bertz CT molecular complexity index is 709. The first-order chi connectivity index (χ1) is 12.7. The molecule has 7 heteroatoms. The maximum absolute atomic E-state index is 11.8. The van der Waals surface area contributed by atoms with Crippen LogP contribution in [-0.4, -0.2) is 38.1 Å². The molecular weight excluding hydrogens is 350 g/mol. The lowest BCUT2D eigenvalue weighted by Gasteiger charge is -2.16. The van der Waals surface area contributed by atoms with Gasteiger partial charge in [0.1, 0.15) is 11.5 Å². The third kappa shape index (κ3) is 6.15. The van der Waals surface area contributed by atoms with E-state index < -0.39 is 0 Å². The largest absolute Gasteiger partial charge is 0.497 e. The van der Waals surface area contributed by atoms with Crippen LogP contribution >= 0.6 is 11.8 Å². The second-order valence-corrected chi connectivity index (χ2v) is 6.47. The number of rotatable bonds is 10. The fourth-order valence-corrected chi connectivity index (χ4v) is 3.08. The van der Waals surface area contributed by atoms with Gasteiger partial charge in [0.05, 0.1) is 19.1 Å². The van der Waals surface area contributed by atoms with E-state index in [1.54, 1.807) is 7.11 Å². The average molecular weight is 375 g/mol. The summed E-state index contributed by atoms with van der Waals surface area (Å²) in [4.78, 5) is 13.9. The van der Waals surface area contributed by atoms with Crippen molar-refractivity contribution in [3.05, 3.63) is 47.7 Å². The number of nitrogens with zero attached hydrogens (tertiary/aromatic N) is 2. The highest BCUT2D eigenvalue weighted by Gasteiger charge is 2.06. The Hall–Kier alpha value is -2.41. The first-order valence-electron chi connectivity index (χ1n) is 8.53. The fraction of sp³-hybridized carbons (Fsp3) is 0.368. The molecular formula is C19H25N3O3S. The minimum atomic E-state index is -0.143. The Kier molecular flexibility index (Phi) is 8.08. The zero-order valence-corrected chi connectivity index (χ0v) is 16.2. The van der Waals surface area contributed by atoms with Crippen molar-refractivity contribution in [2.24, 2.45) is 5.10 Å². The number of nitrogens with one attached hydrogen (secondary N) is 1. The SMILES string of the molecule is CCN(CC)c1ccc(/C=N\NC(=O)CSCc2ccc(OC)cc2)o1. The van der Waals surface area contributed by atoms with Crippen LogP contribution in [-0.2, 0) is 10.5 Å². The molecule has 2 rings (SSSR count). The topological polar surface area (TPSA) is 67.1 Å². The maximum atomic E-state index is 11.8. The number of methoxy groups -OCH3 is 1. The van der Waals surface area contributed by atoms with Crippen LogP contribution in [0.2, 0.25) is 0 Å². The number of carbonyl (C=O) groups is 1. The van der Waals surface area contributed by atoms with Gasteiger partial charge in [-0.2, -0.15) is 5.10 Å².